The van der Waals surface area contributed by atoms with Gasteiger partial charge in [-0.05, 0) is 44.1 Å². The fourth-order valence-electron chi connectivity index (χ4n) is 3.32. The van der Waals surface area contributed by atoms with Crippen LogP contribution in [-0.4, -0.2) is 43.6 Å². The maximum absolute atomic E-state index is 12.6. The molecule has 1 aliphatic heterocycles. The van der Waals surface area contributed by atoms with Crippen molar-refractivity contribution < 1.29 is 23.9 Å². The Bertz CT molecular complexity index is 694. The van der Waals surface area contributed by atoms with Crippen molar-refractivity contribution in [2.75, 3.05) is 25.1 Å². The molecule has 0 bridgehead atoms. The van der Waals surface area contributed by atoms with E-state index in [2.05, 4.69) is 10.6 Å². The molecule has 0 unspecified atom stereocenters. The first kappa shape index (κ1) is 18.8. The normalized spacial score (nSPS) is 18.9. The monoisotopic (exact) mass is 380 g/mol. The van der Waals surface area contributed by atoms with Gasteiger partial charge in [0.25, 0.3) is 5.91 Å². The number of hydrogen-bond donors (Lipinski definition) is 2. The van der Waals surface area contributed by atoms with E-state index < -0.39 is 5.97 Å². The third kappa shape index (κ3) is 4.62. The third-order valence-corrected chi connectivity index (χ3v) is 5.76. The van der Waals surface area contributed by atoms with Gasteiger partial charge >= 0.3 is 5.97 Å². The number of hydrogen-bond acceptors (Lipinski definition) is 6. The first-order valence-electron chi connectivity index (χ1n) is 9.02. The molecule has 0 aromatic carbocycles. The Kier molecular flexibility index (Phi) is 6.26. The van der Waals surface area contributed by atoms with Crippen molar-refractivity contribution in [3.05, 3.63) is 16.0 Å². The summed E-state index contributed by atoms with van der Waals surface area (Å²) in [7, 11) is 0. The van der Waals surface area contributed by atoms with Gasteiger partial charge in [-0.3, -0.25) is 9.59 Å². The van der Waals surface area contributed by atoms with Crippen molar-refractivity contribution >= 4 is 34.1 Å². The van der Waals surface area contributed by atoms with Gasteiger partial charge in [0.1, 0.15) is 5.00 Å². The van der Waals surface area contributed by atoms with Crippen molar-refractivity contribution in [1.82, 2.24) is 5.32 Å². The molecule has 0 spiro atoms. The molecule has 7 nitrogen and oxygen atoms in total. The molecule has 8 heteroatoms. The smallest absolute Gasteiger partial charge is 0.341 e. The van der Waals surface area contributed by atoms with E-state index >= 15 is 0 Å². The molecule has 26 heavy (non-hydrogen) atoms. The van der Waals surface area contributed by atoms with Gasteiger partial charge in [0, 0.05) is 25.0 Å². The average Bonchev–Trinajstić information content (AvgIpc) is 3.24. The maximum atomic E-state index is 12.6. The number of nitrogens with one attached hydrogen (secondary N) is 2. The Labute approximate surface area is 156 Å². The lowest BCUT2D eigenvalue weighted by Gasteiger charge is -2.13. The molecule has 142 valence electrons. The van der Waals surface area contributed by atoms with E-state index in [1.807, 2.05) is 0 Å². The first-order valence-corrected chi connectivity index (χ1v) is 9.84. The first-order chi connectivity index (χ1) is 12.5. The van der Waals surface area contributed by atoms with Crippen molar-refractivity contribution in [3.8, 4) is 0 Å². The quantitative estimate of drug-likeness (QED) is 0.737. The lowest BCUT2D eigenvalue weighted by Crippen LogP contribution is -2.35. The summed E-state index contributed by atoms with van der Waals surface area (Å²) in [6, 6.07) is 0. The number of rotatable bonds is 6. The van der Waals surface area contributed by atoms with Crippen LogP contribution in [0, 0.1) is 0 Å². The number of fused-ring (bicyclic) bond motifs is 1. The van der Waals surface area contributed by atoms with E-state index in [0.717, 1.165) is 55.6 Å². The maximum Gasteiger partial charge on any atom is 0.341 e. The number of thiophene rings is 1. The van der Waals surface area contributed by atoms with E-state index in [1.54, 1.807) is 0 Å². The number of esters is 1. The summed E-state index contributed by atoms with van der Waals surface area (Å²) >= 11 is 1.43. The highest BCUT2D eigenvalue weighted by Gasteiger charge is 2.27. The molecule has 2 N–H and O–H groups in total. The molecular formula is C18H24N2O5S. The summed E-state index contributed by atoms with van der Waals surface area (Å²) in [5, 5.41) is 5.97. The van der Waals surface area contributed by atoms with Crippen LogP contribution in [0.3, 0.4) is 0 Å². The number of carbonyl (C=O) groups excluding carboxylic acids is 3. The molecule has 1 aromatic heterocycles. The zero-order chi connectivity index (χ0) is 18.5. The van der Waals surface area contributed by atoms with E-state index in [1.165, 1.54) is 18.3 Å². The van der Waals surface area contributed by atoms with Gasteiger partial charge in [-0.15, -0.1) is 11.3 Å². The molecule has 2 heterocycles. The van der Waals surface area contributed by atoms with Gasteiger partial charge in [-0.25, -0.2) is 4.79 Å². The summed E-state index contributed by atoms with van der Waals surface area (Å²) in [4.78, 5) is 37.1. The Morgan fingerprint density at radius 1 is 1.23 bits per heavy atom. The highest BCUT2D eigenvalue weighted by molar-refractivity contribution is 7.17. The molecule has 0 radical (unpaired) electrons. The summed E-state index contributed by atoms with van der Waals surface area (Å²) in [6.45, 7) is 2.23. The van der Waals surface area contributed by atoms with Crippen LogP contribution >= 0.6 is 11.3 Å². The minimum atomic E-state index is -0.555. The van der Waals surface area contributed by atoms with Crippen molar-refractivity contribution in [3.63, 3.8) is 0 Å². The summed E-state index contributed by atoms with van der Waals surface area (Å²) in [6.07, 6.45) is 5.76. The SMILES string of the molecule is CC(=O)Nc1sc2c(c1C(=O)OCC(=O)NC[C@H]1CCCO1)CCCC2. The molecule has 1 saturated heterocycles. The predicted octanol–water partition coefficient (Wildman–Crippen LogP) is 2.04. The van der Waals surface area contributed by atoms with Gasteiger partial charge in [0.15, 0.2) is 6.61 Å². The third-order valence-electron chi connectivity index (χ3n) is 4.55. The number of amides is 2. The van der Waals surface area contributed by atoms with Gasteiger partial charge in [-0.2, -0.15) is 0 Å². The Morgan fingerprint density at radius 3 is 2.77 bits per heavy atom. The van der Waals surface area contributed by atoms with Gasteiger partial charge in [0.2, 0.25) is 5.91 Å². The minimum Gasteiger partial charge on any atom is -0.452 e. The second-order valence-corrected chi connectivity index (χ2v) is 7.72. The molecule has 2 amide bonds. The van der Waals surface area contributed by atoms with Crippen LogP contribution in [0.4, 0.5) is 5.00 Å². The Balaban J connectivity index is 1.60. The van der Waals surface area contributed by atoms with Crippen LogP contribution in [0.25, 0.3) is 0 Å². The molecule has 1 aromatic rings. The van der Waals surface area contributed by atoms with Gasteiger partial charge in [0.05, 0.1) is 11.7 Å². The van der Waals surface area contributed by atoms with Crippen LogP contribution in [-0.2, 0) is 31.9 Å². The average molecular weight is 380 g/mol. The summed E-state index contributed by atoms with van der Waals surface area (Å²) < 4.78 is 10.7. The number of ether oxygens (including phenoxy) is 2. The molecular weight excluding hydrogens is 356 g/mol. The fraction of sp³-hybridized carbons (Fsp3) is 0.611. The second-order valence-electron chi connectivity index (χ2n) is 6.61. The van der Waals surface area contributed by atoms with E-state index in [0.29, 0.717) is 17.1 Å². The topological polar surface area (TPSA) is 93.7 Å². The molecule has 3 rings (SSSR count). The van der Waals surface area contributed by atoms with E-state index in [-0.39, 0.29) is 24.5 Å². The van der Waals surface area contributed by atoms with E-state index in [9.17, 15) is 14.4 Å². The highest BCUT2D eigenvalue weighted by Crippen LogP contribution is 2.38. The van der Waals surface area contributed by atoms with Crippen LogP contribution in [0.5, 0.6) is 0 Å². The van der Waals surface area contributed by atoms with Crippen LogP contribution in [0.15, 0.2) is 0 Å². The number of aryl methyl sites for hydroxylation is 1. The Morgan fingerprint density at radius 2 is 2.04 bits per heavy atom. The standard InChI is InChI=1S/C18H24N2O5S/c1-11(21)20-17-16(13-6-2-3-7-14(13)26-17)18(23)25-10-15(22)19-9-12-5-4-8-24-12/h12H,2-10H2,1H3,(H,19,22)(H,20,21)/t12-/m1/s1. The van der Waals surface area contributed by atoms with Crippen molar-refractivity contribution in [1.29, 1.82) is 0 Å². The van der Waals surface area contributed by atoms with Crippen LogP contribution in [0.1, 0.15) is 53.4 Å². The second kappa shape index (κ2) is 8.64. The summed E-state index contributed by atoms with van der Waals surface area (Å²) in [5.74, 6) is -1.13. The molecule has 2 aliphatic rings. The predicted molar refractivity (Wildman–Crippen MR) is 97.5 cm³/mol. The fourth-order valence-corrected chi connectivity index (χ4v) is 4.64. The largest absolute Gasteiger partial charge is 0.452 e. The van der Waals surface area contributed by atoms with Gasteiger partial charge in [-0.1, -0.05) is 0 Å². The van der Waals surface area contributed by atoms with Crippen molar-refractivity contribution in [2.24, 2.45) is 0 Å². The van der Waals surface area contributed by atoms with Crippen LogP contribution < -0.4 is 10.6 Å². The Hall–Kier alpha value is -1.93. The van der Waals surface area contributed by atoms with Crippen molar-refractivity contribution in [2.45, 2.75) is 51.6 Å². The zero-order valence-electron chi connectivity index (χ0n) is 14.9. The molecule has 1 atom stereocenters. The van der Waals surface area contributed by atoms with E-state index in [4.69, 9.17) is 9.47 Å². The minimum absolute atomic E-state index is 0.0462. The lowest BCUT2D eigenvalue weighted by molar-refractivity contribution is -0.124. The highest BCUT2D eigenvalue weighted by atomic mass is 32.1. The number of anilines is 1. The molecule has 0 saturated carbocycles. The zero-order valence-corrected chi connectivity index (χ0v) is 15.7. The molecule has 1 fully saturated rings. The number of carbonyl (C=O) groups is 3. The summed E-state index contributed by atoms with van der Waals surface area (Å²) in [5.41, 5.74) is 1.36. The molecule has 1 aliphatic carbocycles. The van der Waals surface area contributed by atoms with Gasteiger partial charge < -0.3 is 20.1 Å². The lowest BCUT2D eigenvalue weighted by atomic mass is 9.95. The van der Waals surface area contributed by atoms with Crippen LogP contribution in [0.2, 0.25) is 0 Å².